The Kier molecular flexibility index (Phi) is 9.71. The summed E-state index contributed by atoms with van der Waals surface area (Å²) in [5, 5.41) is -5.53. The number of hydrogen-bond acceptors (Lipinski definition) is 6. The summed E-state index contributed by atoms with van der Waals surface area (Å²) < 4.78 is 137. The lowest BCUT2D eigenvalue weighted by molar-refractivity contribution is -0.252. The fourth-order valence-electron chi connectivity index (χ4n) is 2.64. The van der Waals surface area contributed by atoms with Crippen LogP contribution in [0.3, 0.4) is 0 Å². The molecule has 3 unspecified atom stereocenters. The number of carbonyl (C=O) groups excluding carboxylic acids is 2. The van der Waals surface area contributed by atoms with E-state index in [0.29, 0.717) is 13.8 Å². The normalized spacial score (nSPS) is 17.0. The topological polar surface area (TPSA) is 107 Å². The van der Waals surface area contributed by atoms with Crippen molar-refractivity contribution in [2.45, 2.75) is 62.5 Å². The second-order valence-electron chi connectivity index (χ2n) is 7.45. The summed E-state index contributed by atoms with van der Waals surface area (Å²) in [7, 11) is -6.34. The first-order valence-corrected chi connectivity index (χ1v) is 10.6. The third-order valence-corrected chi connectivity index (χ3v) is 5.41. The standard InChI is InChI=1S/C19H23F7O7S/c1-10(2)14(27)32-9-13(33-15(28)18(22,23)34(29,30)31)7-8-16(20,11(3)4)17(21,12(5)6)19(24,25)26/h13H,1,3,5,7-9H2,2,4,6H3,(H,29,30,31). The van der Waals surface area contributed by atoms with E-state index in [-0.39, 0.29) is 5.57 Å². The highest BCUT2D eigenvalue weighted by Crippen LogP contribution is 2.53. The van der Waals surface area contributed by atoms with Gasteiger partial charge >= 0.3 is 33.5 Å². The van der Waals surface area contributed by atoms with E-state index in [1.165, 1.54) is 0 Å². The number of esters is 2. The summed E-state index contributed by atoms with van der Waals surface area (Å²) in [5.74, 6) is -4.10. The molecule has 0 aromatic rings. The van der Waals surface area contributed by atoms with E-state index in [1.54, 1.807) is 0 Å². The molecule has 15 heteroatoms. The van der Waals surface area contributed by atoms with Crippen molar-refractivity contribution >= 4 is 22.1 Å². The highest BCUT2D eigenvalue weighted by Gasteiger charge is 2.70. The molecule has 0 aromatic carbocycles. The Labute approximate surface area is 191 Å². The maximum Gasteiger partial charge on any atom is 0.465 e. The summed E-state index contributed by atoms with van der Waals surface area (Å²) in [5.41, 5.74) is -11.2. The summed E-state index contributed by atoms with van der Waals surface area (Å²) >= 11 is 0. The molecule has 0 aliphatic rings. The van der Waals surface area contributed by atoms with Crippen LogP contribution in [0.1, 0.15) is 33.6 Å². The van der Waals surface area contributed by atoms with Gasteiger partial charge < -0.3 is 9.47 Å². The van der Waals surface area contributed by atoms with Crippen LogP contribution in [-0.4, -0.2) is 60.4 Å². The van der Waals surface area contributed by atoms with Gasteiger partial charge in [0, 0.05) is 5.57 Å². The molecule has 34 heavy (non-hydrogen) atoms. The Morgan fingerprint density at radius 2 is 1.41 bits per heavy atom. The van der Waals surface area contributed by atoms with E-state index in [1.807, 2.05) is 0 Å². The Balaban J connectivity index is 6.20. The van der Waals surface area contributed by atoms with Crippen molar-refractivity contribution in [3.8, 4) is 0 Å². The van der Waals surface area contributed by atoms with Gasteiger partial charge in [0.1, 0.15) is 12.7 Å². The third kappa shape index (κ3) is 6.37. The molecule has 0 rings (SSSR count). The zero-order valence-corrected chi connectivity index (χ0v) is 19.1. The Hall–Kier alpha value is -2.42. The summed E-state index contributed by atoms with van der Waals surface area (Å²) in [6.07, 6.45) is -10.8. The van der Waals surface area contributed by atoms with Crippen LogP contribution < -0.4 is 0 Å². The maximum atomic E-state index is 15.6. The minimum atomic E-state index is -6.34. The van der Waals surface area contributed by atoms with Crippen molar-refractivity contribution in [3.05, 3.63) is 36.5 Å². The molecule has 0 aliphatic carbocycles. The molecular formula is C19H23F7O7S. The van der Waals surface area contributed by atoms with Crippen LogP contribution in [0, 0.1) is 0 Å². The second kappa shape index (κ2) is 10.5. The predicted molar refractivity (Wildman–Crippen MR) is 105 cm³/mol. The van der Waals surface area contributed by atoms with E-state index in [0.717, 1.165) is 6.92 Å². The molecule has 0 spiro atoms. The van der Waals surface area contributed by atoms with Crippen molar-refractivity contribution in [1.29, 1.82) is 0 Å². The summed E-state index contributed by atoms with van der Waals surface area (Å²) in [4.78, 5) is 23.1. The number of hydrogen-bond donors (Lipinski definition) is 1. The maximum absolute atomic E-state index is 15.6. The highest BCUT2D eigenvalue weighted by atomic mass is 32.2. The highest BCUT2D eigenvalue weighted by molar-refractivity contribution is 7.87. The molecule has 3 atom stereocenters. The van der Waals surface area contributed by atoms with Gasteiger partial charge in [-0.25, -0.2) is 18.4 Å². The van der Waals surface area contributed by atoms with Gasteiger partial charge in [0.05, 0.1) is 0 Å². The van der Waals surface area contributed by atoms with Gasteiger partial charge in [0.25, 0.3) is 5.67 Å². The number of alkyl halides is 7. The van der Waals surface area contributed by atoms with Crippen LogP contribution in [0.25, 0.3) is 0 Å². The minimum Gasteiger partial charge on any atom is -0.458 e. The fraction of sp³-hybridized carbons (Fsp3) is 0.579. The van der Waals surface area contributed by atoms with Crippen LogP contribution >= 0.6 is 0 Å². The Bertz CT molecular complexity index is 959. The first kappa shape index (κ1) is 31.6. The van der Waals surface area contributed by atoms with Gasteiger partial charge in [-0.2, -0.15) is 30.4 Å². The average molecular weight is 528 g/mol. The fourth-order valence-corrected chi connectivity index (χ4v) is 2.90. The van der Waals surface area contributed by atoms with E-state index in [2.05, 4.69) is 29.2 Å². The number of rotatable bonds is 12. The van der Waals surface area contributed by atoms with Crippen molar-refractivity contribution in [2.75, 3.05) is 6.61 Å². The largest absolute Gasteiger partial charge is 0.465 e. The molecule has 7 nitrogen and oxygen atoms in total. The van der Waals surface area contributed by atoms with Gasteiger partial charge in [-0.3, -0.25) is 4.55 Å². The molecule has 0 radical (unpaired) electrons. The summed E-state index contributed by atoms with van der Waals surface area (Å²) in [6.45, 7) is 10.2. The molecule has 0 amide bonds. The third-order valence-electron chi connectivity index (χ3n) is 4.60. The van der Waals surface area contributed by atoms with E-state index in [4.69, 9.17) is 4.55 Å². The molecule has 0 saturated heterocycles. The van der Waals surface area contributed by atoms with Crippen molar-refractivity contribution in [1.82, 2.24) is 0 Å². The zero-order valence-electron chi connectivity index (χ0n) is 18.3. The molecule has 0 saturated carbocycles. The number of halogens is 7. The van der Waals surface area contributed by atoms with Gasteiger partial charge in [-0.1, -0.05) is 19.7 Å². The predicted octanol–water partition coefficient (Wildman–Crippen LogP) is 4.41. The summed E-state index contributed by atoms with van der Waals surface area (Å²) in [6, 6.07) is 0. The Morgan fingerprint density at radius 3 is 1.74 bits per heavy atom. The van der Waals surface area contributed by atoms with Crippen LogP contribution in [-0.2, 0) is 29.2 Å². The second-order valence-corrected chi connectivity index (χ2v) is 8.92. The van der Waals surface area contributed by atoms with E-state index in [9.17, 15) is 40.0 Å². The molecular weight excluding hydrogens is 505 g/mol. The first-order chi connectivity index (χ1) is 15.0. The lowest BCUT2D eigenvalue weighted by Gasteiger charge is -2.42. The minimum absolute atomic E-state index is 0.253. The molecule has 0 fully saturated rings. The number of carbonyl (C=O) groups is 2. The van der Waals surface area contributed by atoms with E-state index >= 15 is 8.78 Å². The van der Waals surface area contributed by atoms with Gasteiger partial charge in [0.15, 0.2) is 5.67 Å². The van der Waals surface area contributed by atoms with Crippen LogP contribution in [0.4, 0.5) is 30.7 Å². The number of allylic oxidation sites excluding steroid dienone is 2. The molecule has 0 heterocycles. The van der Waals surface area contributed by atoms with Gasteiger partial charge in [-0.15, -0.1) is 0 Å². The first-order valence-electron chi connectivity index (χ1n) is 9.11. The van der Waals surface area contributed by atoms with Crippen LogP contribution in [0.2, 0.25) is 0 Å². The van der Waals surface area contributed by atoms with Gasteiger partial charge in [-0.05, 0) is 44.8 Å². The Morgan fingerprint density at radius 1 is 0.941 bits per heavy atom. The molecule has 0 bridgehead atoms. The molecule has 196 valence electrons. The number of ether oxygens (including phenoxy) is 2. The molecule has 1 N–H and O–H groups in total. The van der Waals surface area contributed by atoms with E-state index < -0.39 is 81.5 Å². The quantitative estimate of drug-likeness (QED) is 0.132. The van der Waals surface area contributed by atoms with Crippen molar-refractivity contribution in [3.63, 3.8) is 0 Å². The average Bonchev–Trinajstić information content (AvgIpc) is 2.65. The lowest BCUT2D eigenvalue weighted by atomic mass is 9.73. The van der Waals surface area contributed by atoms with Crippen molar-refractivity contribution < 1.29 is 62.8 Å². The lowest BCUT2D eigenvalue weighted by Crippen LogP contribution is -2.59. The monoisotopic (exact) mass is 528 g/mol. The molecule has 0 aliphatic heterocycles. The molecule has 0 aromatic heterocycles. The smallest absolute Gasteiger partial charge is 0.458 e. The SMILES string of the molecule is C=C(C)C(=O)OCC(CCC(F)(C(=C)C)C(F)(C(=C)C)C(F)(F)F)OC(=O)C(F)(F)S(=O)(=O)O. The zero-order chi connectivity index (χ0) is 27.5. The van der Waals surface area contributed by atoms with Crippen molar-refractivity contribution in [2.24, 2.45) is 0 Å². The van der Waals surface area contributed by atoms with Crippen LogP contribution in [0.15, 0.2) is 36.5 Å². The van der Waals surface area contributed by atoms with Gasteiger partial charge in [0.2, 0.25) is 0 Å². The van der Waals surface area contributed by atoms with Crippen LogP contribution in [0.5, 0.6) is 0 Å².